The van der Waals surface area contributed by atoms with Gasteiger partial charge in [0.1, 0.15) is 5.54 Å². The summed E-state index contributed by atoms with van der Waals surface area (Å²) in [5.41, 5.74) is 2.95. The highest BCUT2D eigenvalue weighted by Gasteiger charge is 2.48. The van der Waals surface area contributed by atoms with Gasteiger partial charge >= 0.3 is 6.03 Å². The molecule has 9 nitrogen and oxygen atoms in total. The molecule has 4 rings (SSSR count). The fraction of sp³-hybridized carbons (Fsp3) is 0.292. The quantitative estimate of drug-likeness (QED) is 0.474. The molecule has 0 unspecified atom stereocenters. The summed E-state index contributed by atoms with van der Waals surface area (Å²) in [5.74, 6) is -1.86. The smallest absolute Gasteiger partial charge is 0.322 e. The van der Waals surface area contributed by atoms with Crippen LogP contribution in [0.25, 0.3) is 0 Å². The lowest BCUT2D eigenvalue weighted by Crippen LogP contribution is -2.49. The SMILES string of the molecule is C[C@@]1(CCc2ccccc2)NC(=O)N(NC(=O)CCCN2C(=O)c3ccccc3C2=O)C1=O. The molecule has 9 heteroatoms. The minimum absolute atomic E-state index is 0.0642. The van der Waals surface area contributed by atoms with E-state index in [9.17, 15) is 24.0 Å². The summed E-state index contributed by atoms with van der Waals surface area (Å²) < 4.78 is 0. The number of carbonyl (C=O) groups is 5. The molecule has 2 aliphatic rings. The number of hydrogen-bond donors (Lipinski definition) is 2. The van der Waals surface area contributed by atoms with Gasteiger partial charge in [-0.05, 0) is 43.9 Å². The summed E-state index contributed by atoms with van der Waals surface area (Å²) in [5, 5.41) is 3.36. The van der Waals surface area contributed by atoms with E-state index >= 15 is 0 Å². The maximum Gasteiger partial charge on any atom is 0.344 e. The first kappa shape index (κ1) is 22.2. The Morgan fingerprint density at radius 2 is 1.55 bits per heavy atom. The van der Waals surface area contributed by atoms with Gasteiger partial charge < -0.3 is 5.32 Å². The van der Waals surface area contributed by atoms with Gasteiger partial charge in [0.05, 0.1) is 11.1 Å². The Hall–Kier alpha value is -4.01. The van der Waals surface area contributed by atoms with Crippen LogP contribution in [0.2, 0.25) is 0 Å². The van der Waals surface area contributed by atoms with Crippen molar-refractivity contribution in [2.45, 2.75) is 38.1 Å². The number of urea groups is 1. The average Bonchev–Trinajstić information content (AvgIpc) is 3.18. The highest BCUT2D eigenvalue weighted by molar-refractivity contribution is 6.21. The third-order valence-corrected chi connectivity index (χ3v) is 5.92. The van der Waals surface area contributed by atoms with Crippen LogP contribution in [-0.2, 0) is 16.0 Å². The largest absolute Gasteiger partial charge is 0.344 e. The van der Waals surface area contributed by atoms with Crippen LogP contribution < -0.4 is 10.7 Å². The third-order valence-electron chi connectivity index (χ3n) is 5.92. The topological polar surface area (TPSA) is 116 Å². The molecule has 1 fully saturated rings. The van der Waals surface area contributed by atoms with Crippen molar-refractivity contribution in [3.05, 3.63) is 71.3 Å². The second-order valence-electron chi connectivity index (χ2n) is 8.33. The summed E-state index contributed by atoms with van der Waals surface area (Å²) in [6.45, 7) is 1.69. The van der Waals surface area contributed by atoms with Gasteiger partial charge in [-0.3, -0.25) is 29.5 Å². The van der Waals surface area contributed by atoms with Crippen LogP contribution in [0.5, 0.6) is 0 Å². The first-order valence-corrected chi connectivity index (χ1v) is 10.8. The number of rotatable bonds is 8. The summed E-state index contributed by atoms with van der Waals surface area (Å²) in [7, 11) is 0. The van der Waals surface area contributed by atoms with Gasteiger partial charge in [-0.15, -0.1) is 0 Å². The molecule has 170 valence electrons. The molecule has 0 bridgehead atoms. The summed E-state index contributed by atoms with van der Waals surface area (Å²) in [6, 6.07) is 15.5. The van der Waals surface area contributed by atoms with E-state index in [4.69, 9.17) is 0 Å². The van der Waals surface area contributed by atoms with Crippen molar-refractivity contribution in [1.29, 1.82) is 0 Å². The molecule has 6 amide bonds. The van der Waals surface area contributed by atoms with Crippen LogP contribution >= 0.6 is 0 Å². The molecule has 33 heavy (non-hydrogen) atoms. The molecular formula is C24H24N4O5. The Bertz CT molecular complexity index is 1100. The summed E-state index contributed by atoms with van der Waals surface area (Å²) in [4.78, 5) is 63.4. The molecule has 1 saturated heterocycles. The maximum atomic E-state index is 12.8. The van der Waals surface area contributed by atoms with E-state index in [0.717, 1.165) is 10.5 Å². The standard InChI is InChI=1S/C24H24N4O5/c1-24(14-13-16-8-3-2-4-9-16)22(32)28(23(33)25-24)26-19(29)12-7-15-27-20(30)17-10-5-6-11-18(17)21(27)31/h2-6,8-11H,7,12-15H2,1H3,(H,25,33)(H,26,29)/t24-/m0/s1. The molecular weight excluding hydrogens is 424 g/mol. The van der Waals surface area contributed by atoms with Crippen LogP contribution in [-0.4, -0.2) is 51.7 Å². The van der Waals surface area contributed by atoms with Gasteiger partial charge in [-0.1, -0.05) is 42.5 Å². The third kappa shape index (κ3) is 4.34. The highest BCUT2D eigenvalue weighted by atomic mass is 16.2. The molecule has 2 aromatic rings. The molecule has 0 aromatic heterocycles. The number of imide groups is 2. The zero-order chi connectivity index (χ0) is 23.6. The molecule has 0 spiro atoms. The number of carbonyl (C=O) groups excluding carboxylic acids is 5. The zero-order valence-corrected chi connectivity index (χ0v) is 18.2. The van der Waals surface area contributed by atoms with Gasteiger partial charge in [-0.25, -0.2) is 4.79 Å². The molecule has 0 saturated carbocycles. The lowest BCUT2D eigenvalue weighted by molar-refractivity contribution is -0.138. The second kappa shape index (κ2) is 8.85. The Labute approximate surface area is 190 Å². The van der Waals surface area contributed by atoms with Crippen molar-refractivity contribution in [3.8, 4) is 0 Å². The lowest BCUT2D eigenvalue weighted by atomic mass is 9.93. The van der Waals surface area contributed by atoms with Crippen LogP contribution in [0.3, 0.4) is 0 Å². The van der Waals surface area contributed by atoms with E-state index in [-0.39, 0.29) is 31.2 Å². The second-order valence-corrected chi connectivity index (χ2v) is 8.33. The Balaban J connectivity index is 1.28. The average molecular weight is 448 g/mol. The number of hydrazine groups is 1. The maximum absolute atomic E-state index is 12.8. The van der Waals surface area contributed by atoms with E-state index in [1.807, 2.05) is 30.3 Å². The Morgan fingerprint density at radius 1 is 0.939 bits per heavy atom. The molecule has 0 aliphatic carbocycles. The van der Waals surface area contributed by atoms with E-state index in [1.165, 1.54) is 0 Å². The van der Waals surface area contributed by atoms with E-state index in [1.54, 1.807) is 31.2 Å². The highest BCUT2D eigenvalue weighted by Crippen LogP contribution is 2.24. The first-order chi connectivity index (χ1) is 15.8. The van der Waals surface area contributed by atoms with E-state index in [0.29, 0.717) is 29.0 Å². The number of nitrogens with one attached hydrogen (secondary N) is 2. The first-order valence-electron chi connectivity index (χ1n) is 10.8. The lowest BCUT2D eigenvalue weighted by Gasteiger charge is -2.21. The molecule has 2 aliphatic heterocycles. The van der Waals surface area contributed by atoms with Gasteiger partial charge in [0, 0.05) is 13.0 Å². The molecule has 2 aromatic carbocycles. The number of aryl methyl sites for hydroxylation is 1. The predicted molar refractivity (Wildman–Crippen MR) is 118 cm³/mol. The van der Waals surface area contributed by atoms with Crippen molar-refractivity contribution in [1.82, 2.24) is 20.7 Å². The van der Waals surface area contributed by atoms with Crippen molar-refractivity contribution in [2.24, 2.45) is 0 Å². The fourth-order valence-electron chi connectivity index (χ4n) is 4.01. The number of nitrogens with zero attached hydrogens (tertiary/aromatic N) is 2. The van der Waals surface area contributed by atoms with Crippen LogP contribution in [0, 0.1) is 0 Å². The van der Waals surface area contributed by atoms with Gasteiger partial charge in [0.15, 0.2) is 0 Å². The number of hydrogen-bond acceptors (Lipinski definition) is 5. The van der Waals surface area contributed by atoms with Crippen LogP contribution in [0.1, 0.15) is 52.5 Å². The minimum Gasteiger partial charge on any atom is -0.322 e. The Morgan fingerprint density at radius 3 is 2.18 bits per heavy atom. The zero-order valence-electron chi connectivity index (χ0n) is 18.2. The van der Waals surface area contributed by atoms with Crippen LogP contribution in [0.4, 0.5) is 4.79 Å². The summed E-state index contributed by atoms with van der Waals surface area (Å²) >= 11 is 0. The van der Waals surface area contributed by atoms with Crippen molar-refractivity contribution in [3.63, 3.8) is 0 Å². The van der Waals surface area contributed by atoms with E-state index < -0.39 is 23.4 Å². The number of amides is 6. The molecule has 2 N–H and O–H groups in total. The Kier molecular flexibility index (Phi) is 5.95. The predicted octanol–water partition coefficient (Wildman–Crippen LogP) is 2.04. The van der Waals surface area contributed by atoms with Crippen molar-refractivity contribution in [2.75, 3.05) is 6.54 Å². The minimum atomic E-state index is -1.12. The monoisotopic (exact) mass is 448 g/mol. The van der Waals surface area contributed by atoms with E-state index in [2.05, 4.69) is 10.7 Å². The number of benzene rings is 2. The van der Waals surface area contributed by atoms with Crippen LogP contribution in [0.15, 0.2) is 54.6 Å². The molecule has 0 radical (unpaired) electrons. The van der Waals surface area contributed by atoms with Gasteiger partial charge in [0.25, 0.3) is 17.7 Å². The van der Waals surface area contributed by atoms with Crippen molar-refractivity contribution >= 4 is 29.7 Å². The fourth-order valence-corrected chi connectivity index (χ4v) is 4.01. The van der Waals surface area contributed by atoms with Crippen molar-refractivity contribution < 1.29 is 24.0 Å². The van der Waals surface area contributed by atoms with Gasteiger partial charge in [-0.2, -0.15) is 5.01 Å². The summed E-state index contributed by atoms with van der Waals surface area (Å²) in [6.07, 6.45) is 1.11. The molecule has 2 heterocycles. The van der Waals surface area contributed by atoms with Gasteiger partial charge in [0.2, 0.25) is 5.91 Å². The number of fused-ring (bicyclic) bond motifs is 1. The normalized spacial score (nSPS) is 19.7. The molecule has 1 atom stereocenters.